The molecule has 1 unspecified atom stereocenters. The van der Waals surface area contributed by atoms with Crippen LogP contribution in [-0.2, 0) is 33.8 Å². The van der Waals surface area contributed by atoms with Gasteiger partial charge in [0.25, 0.3) is 5.56 Å². The number of fused-ring (bicyclic) bond motifs is 3. The lowest BCUT2D eigenvalue weighted by atomic mass is 9.94. The van der Waals surface area contributed by atoms with Crippen LogP contribution >= 0.6 is 11.3 Å². The summed E-state index contributed by atoms with van der Waals surface area (Å²) in [7, 11) is 0. The molecule has 0 spiro atoms. The molecule has 8 nitrogen and oxygen atoms in total. The molecule has 0 aliphatic carbocycles. The average Bonchev–Trinajstić information content (AvgIpc) is 3.23. The molecule has 2 aromatic heterocycles. The van der Waals surface area contributed by atoms with E-state index in [1.54, 1.807) is 0 Å². The van der Waals surface area contributed by atoms with E-state index in [2.05, 4.69) is 10.3 Å². The number of thiophene rings is 1. The minimum absolute atomic E-state index is 0.0116. The Labute approximate surface area is 159 Å². The van der Waals surface area contributed by atoms with E-state index in [9.17, 15) is 14.4 Å². The van der Waals surface area contributed by atoms with Crippen molar-refractivity contribution in [2.45, 2.75) is 58.0 Å². The predicted molar refractivity (Wildman–Crippen MR) is 101 cm³/mol. The van der Waals surface area contributed by atoms with Gasteiger partial charge in [-0.3, -0.25) is 19.1 Å². The van der Waals surface area contributed by atoms with Crippen LogP contribution < -0.4 is 16.6 Å². The number of ether oxygens (including phenoxy) is 2. The fourth-order valence-corrected chi connectivity index (χ4v) is 4.75. The van der Waals surface area contributed by atoms with E-state index in [0.717, 1.165) is 27.8 Å². The van der Waals surface area contributed by atoms with Crippen molar-refractivity contribution < 1.29 is 14.3 Å². The fraction of sp³-hybridized carbons (Fsp3) is 0.611. The van der Waals surface area contributed by atoms with Crippen molar-refractivity contribution in [1.29, 1.82) is 0 Å². The first kappa shape index (κ1) is 18.4. The lowest BCUT2D eigenvalue weighted by Gasteiger charge is -2.29. The number of nitrogens with one attached hydrogen (secondary N) is 2. The van der Waals surface area contributed by atoms with Crippen LogP contribution in [0.25, 0.3) is 10.2 Å². The number of hydrogen-bond donors (Lipinski definition) is 2. The number of rotatable bonds is 4. The SMILES string of the molecule is CC1(C)Cc2c(sc3[nH]c(=O)n(CC(=O)NCC4CCCO4)c(=O)c23)CO1. The van der Waals surface area contributed by atoms with Gasteiger partial charge in [-0.05, 0) is 32.3 Å². The van der Waals surface area contributed by atoms with Crippen molar-refractivity contribution in [3.8, 4) is 0 Å². The number of carbonyl (C=O) groups excluding carboxylic acids is 1. The summed E-state index contributed by atoms with van der Waals surface area (Å²) in [6.07, 6.45) is 2.50. The van der Waals surface area contributed by atoms with Gasteiger partial charge in [0.2, 0.25) is 5.91 Å². The van der Waals surface area contributed by atoms with Gasteiger partial charge in [0.05, 0.1) is 23.7 Å². The maximum Gasteiger partial charge on any atom is 0.329 e. The Balaban J connectivity index is 1.62. The van der Waals surface area contributed by atoms with Crippen LogP contribution in [0.15, 0.2) is 9.59 Å². The van der Waals surface area contributed by atoms with Crippen molar-refractivity contribution >= 4 is 27.5 Å². The van der Waals surface area contributed by atoms with Crippen molar-refractivity contribution in [3.05, 3.63) is 31.3 Å². The van der Waals surface area contributed by atoms with Crippen molar-refractivity contribution in [3.63, 3.8) is 0 Å². The zero-order chi connectivity index (χ0) is 19.2. The number of hydrogen-bond acceptors (Lipinski definition) is 6. The summed E-state index contributed by atoms with van der Waals surface area (Å²) in [5.41, 5.74) is -0.441. The third-order valence-corrected chi connectivity index (χ3v) is 6.19. The predicted octanol–water partition coefficient (Wildman–Crippen LogP) is 0.898. The van der Waals surface area contributed by atoms with E-state index in [0.29, 0.717) is 36.4 Å². The van der Waals surface area contributed by atoms with Crippen LogP contribution in [0.2, 0.25) is 0 Å². The van der Waals surface area contributed by atoms with Crippen LogP contribution in [0, 0.1) is 0 Å². The van der Waals surface area contributed by atoms with Gasteiger partial charge in [0.1, 0.15) is 11.4 Å². The quantitative estimate of drug-likeness (QED) is 0.803. The van der Waals surface area contributed by atoms with E-state index in [-0.39, 0.29) is 24.2 Å². The summed E-state index contributed by atoms with van der Waals surface area (Å²) < 4.78 is 12.2. The molecule has 1 atom stereocenters. The number of aromatic amines is 1. The summed E-state index contributed by atoms with van der Waals surface area (Å²) >= 11 is 1.37. The largest absolute Gasteiger partial charge is 0.376 e. The molecule has 0 saturated carbocycles. The molecule has 2 N–H and O–H groups in total. The third-order valence-electron chi connectivity index (χ3n) is 5.06. The van der Waals surface area contributed by atoms with Crippen molar-refractivity contribution in [2.24, 2.45) is 0 Å². The first-order valence-corrected chi connectivity index (χ1v) is 9.95. The number of nitrogens with zero attached hydrogens (tertiary/aromatic N) is 1. The molecule has 0 radical (unpaired) electrons. The van der Waals surface area contributed by atoms with Gasteiger partial charge in [-0.2, -0.15) is 0 Å². The van der Waals surface area contributed by atoms with E-state index in [4.69, 9.17) is 9.47 Å². The van der Waals surface area contributed by atoms with Gasteiger partial charge in [0, 0.05) is 24.4 Å². The second kappa shape index (κ2) is 6.88. The standard InChI is InChI=1S/C18H23N3O5S/c1-18(2)6-11-12(9-26-18)27-15-14(11)16(23)21(17(24)20-15)8-13(22)19-7-10-4-3-5-25-10/h10H,3-9H2,1-2H3,(H,19,22)(H,20,24). The van der Waals surface area contributed by atoms with E-state index >= 15 is 0 Å². The molecular weight excluding hydrogens is 370 g/mol. The number of carbonyl (C=O) groups is 1. The average molecular weight is 393 g/mol. The number of amides is 1. The Morgan fingerprint density at radius 1 is 1.41 bits per heavy atom. The number of H-pyrrole nitrogens is 1. The molecule has 146 valence electrons. The van der Waals surface area contributed by atoms with Gasteiger partial charge in [-0.1, -0.05) is 0 Å². The normalized spacial score (nSPS) is 21.3. The van der Waals surface area contributed by atoms with Crippen LogP contribution in [0.4, 0.5) is 0 Å². The minimum atomic E-state index is -0.571. The van der Waals surface area contributed by atoms with E-state index in [1.165, 1.54) is 11.3 Å². The summed E-state index contributed by atoms with van der Waals surface area (Å²) in [4.78, 5) is 41.9. The zero-order valence-electron chi connectivity index (χ0n) is 15.4. The summed E-state index contributed by atoms with van der Waals surface area (Å²) in [5.74, 6) is -0.370. The first-order valence-electron chi connectivity index (χ1n) is 9.14. The highest BCUT2D eigenvalue weighted by molar-refractivity contribution is 7.18. The molecule has 1 saturated heterocycles. The Kier molecular flexibility index (Phi) is 4.69. The molecule has 2 aromatic rings. The molecule has 9 heteroatoms. The van der Waals surface area contributed by atoms with Crippen LogP contribution in [0.3, 0.4) is 0 Å². The fourth-order valence-electron chi connectivity index (χ4n) is 3.64. The molecule has 4 heterocycles. The topological polar surface area (TPSA) is 102 Å². The van der Waals surface area contributed by atoms with E-state index < -0.39 is 11.2 Å². The third kappa shape index (κ3) is 3.59. The Hall–Kier alpha value is -1.97. The molecular formula is C18H23N3O5S. The minimum Gasteiger partial charge on any atom is -0.376 e. The molecule has 0 aromatic carbocycles. The zero-order valence-corrected chi connectivity index (χ0v) is 16.2. The summed E-state index contributed by atoms with van der Waals surface area (Å²) in [5, 5.41) is 3.25. The van der Waals surface area contributed by atoms with E-state index in [1.807, 2.05) is 13.8 Å². The van der Waals surface area contributed by atoms with Gasteiger partial charge >= 0.3 is 5.69 Å². The Morgan fingerprint density at radius 2 is 2.22 bits per heavy atom. The highest BCUT2D eigenvalue weighted by Crippen LogP contribution is 2.36. The van der Waals surface area contributed by atoms with Crippen LogP contribution in [0.1, 0.15) is 37.1 Å². The maximum atomic E-state index is 13.0. The van der Waals surface area contributed by atoms with Crippen molar-refractivity contribution in [1.82, 2.24) is 14.9 Å². The Bertz CT molecular complexity index is 997. The second-order valence-corrected chi connectivity index (χ2v) is 8.80. The summed E-state index contributed by atoms with van der Waals surface area (Å²) in [6.45, 7) is 5.17. The molecule has 1 amide bonds. The molecule has 2 aliphatic rings. The highest BCUT2D eigenvalue weighted by Gasteiger charge is 2.31. The maximum absolute atomic E-state index is 13.0. The highest BCUT2D eigenvalue weighted by atomic mass is 32.1. The monoisotopic (exact) mass is 393 g/mol. The van der Waals surface area contributed by atoms with Gasteiger partial charge in [-0.15, -0.1) is 11.3 Å². The first-order chi connectivity index (χ1) is 12.8. The Morgan fingerprint density at radius 3 is 2.96 bits per heavy atom. The lowest BCUT2D eigenvalue weighted by Crippen LogP contribution is -2.42. The molecule has 4 rings (SSSR count). The van der Waals surface area contributed by atoms with Crippen LogP contribution in [0.5, 0.6) is 0 Å². The second-order valence-electron chi connectivity index (χ2n) is 7.69. The molecule has 27 heavy (non-hydrogen) atoms. The van der Waals surface area contributed by atoms with Gasteiger partial charge < -0.3 is 14.8 Å². The lowest BCUT2D eigenvalue weighted by molar-refractivity contribution is -0.122. The summed E-state index contributed by atoms with van der Waals surface area (Å²) in [6, 6.07) is 0. The van der Waals surface area contributed by atoms with Crippen LogP contribution in [-0.4, -0.2) is 40.3 Å². The molecule has 2 aliphatic heterocycles. The van der Waals surface area contributed by atoms with Crippen molar-refractivity contribution in [2.75, 3.05) is 13.2 Å². The smallest absolute Gasteiger partial charge is 0.329 e. The van der Waals surface area contributed by atoms with Gasteiger partial charge in [0.15, 0.2) is 0 Å². The number of aromatic nitrogens is 2. The molecule has 0 bridgehead atoms. The van der Waals surface area contributed by atoms with Gasteiger partial charge in [-0.25, -0.2) is 4.79 Å². The molecule has 1 fully saturated rings.